The molecule has 0 radical (unpaired) electrons. The molecule has 1 aromatic carbocycles. The molecule has 0 amide bonds. The van der Waals surface area contributed by atoms with E-state index >= 15 is 0 Å². The molecule has 22 heavy (non-hydrogen) atoms. The van der Waals surface area contributed by atoms with Crippen molar-refractivity contribution in [3.63, 3.8) is 0 Å². The largest absolute Gasteiger partial charge is 0.348 e. The van der Waals surface area contributed by atoms with E-state index in [0.717, 1.165) is 17.5 Å². The Kier molecular flexibility index (Phi) is 3.72. The second kappa shape index (κ2) is 5.68. The SMILES string of the molecule is CC[C@@H]1c2cc(F)c(F)cc2CCN1c1cncc(C#N)n1. The van der Waals surface area contributed by atoms with Crippen molar-refractivity contribution >= 4 is 5.82 Å². The van der Waals surface area contributed by atoms with E-state index < -0.39 is 11.6 Å². The van der Waals surface area contributed by atoms with Crippen LogP contribution in [0.1, 0.15) is 36.2 Å². The van der Waals surface area contributed by atoms with Crippen LogP contribution in [0.25, 0.3) is 0 Å². The van der Waals surface area contributed by atoms with E-state index in [9.17, 15) is 8.78 Å². The molecule has 1 aromatic heterocycles. The van der Waals surface area contributed by atoms with Gasteiger partial charge in [0.1, 0.15) is 11.9 Å². The van der Waals surface area contributed by atoms with Crippen molar-refractivity contribution < 1.29 is 8.78 Å². The number of aromatic nitrogens is 2. The van der Waals surface area contributed by atoms with Gasteiger partial charge in [-0.1, -0.05) is 6.92 Å². The molecular formula is C16H14F2N4. The predicted molar refractivity (Wildman–Crippen MR) is 77.2 cm³/mol. The number of nitrogens with zero attached hydrogens (tertiary/aromatic N) is 4. The maximum absolute atomic E-state index is 13.6. The highest BCUT2D eigenvalue weighted by Gasteiger charge is 2.28. The third-order valence-electron chi connectivity index (χ3n) is 3.96. The Morgan fingerprint density at radius 1 is 1.32 bits per heavy atom. The fraction of sp³-hybridized carbons (Fsp3) is 0.312. The summed E-state index contributed by atoms with van der Waals surface area (Å²) >= 11 is 0. The number of nitriles is 1. The van der Waals surface area contributed by atoms with Crippen LogP contribution in [0.3, 0.4) is 0 Å². The van der Waals surface area contributed by atoms with E-state index in [1.165, 1.54) is 18.3 Å². The molecule has 4 nitrogen and oxygen atoms in total. The predicted octanol–water partition coefficient (Wildman–Crippen LogP) is 3.14. The molecule has 2 heterocycles. The summed E-state index contributed by atoms with van der Waals surface area (Å²) in [6.07, 6.45) is 4.31. The molecule has 0 spiro atoms. The van der Waals surface area contributed by atoms with Crippen LogP contribution in [-0.2, 0) is 6.42 Å². The molecule has 0 aliphatic carbocycles. The van der Waals surface area contributed by atoms with Gasteiger partial charge in [0.15, 0.2) is 17.3 Å². The van der Waals surface area contributed by atoms with Crippen molar-refractivity contribution in [1.82, 2.24) is 9.97 Å². The molecule has 1 aliphatic rings. The van der Waals surface area contributed by atoms with Gasteiger partial charge in [0.05, 0.1) is 18.4 Å². The first-order valence-corrected chi connectivity index (χ1v) is 7.10. The molecule has 3 rings (SSSR count). The summed E-state index contributed by atoms with van der Waals surface area (Å²) in [4.78, 5) is 10.3. The van der Waals surface area contributed by atoms with E-state index in [0.29, 0.717) is 18.8 Å². The second-order valence-corrected chi connectivity index (χ2v) is 5.21. The fourth-order valence-corrected chi connectivity index (χ4v) is 2.96. The maximum atomic E-state index is 13.6. The Bertz CT molecular complexity index is 754. The summed E-state index contributed by atoms with van der Waals surface area (Å²) < 4.78 is 27.0. The Labute approximate surface area is 127 Å². The number of anilines is 1. The third kappa shape index (κ3) is 2.39. The minimum atomic E-state index is -0.837. The lowest BCUT2D eigenvalue weighted by Gasteiger charge is -2.37. The van der Waals surface area contributed by atoms with Crippen molar-refractivity contribution in [1.29, 1.82) is 5.26 Å². The van der Waals surface area contributed by atoms with Crippen molar-refractivity contribution in [2.24, 2.45) is 0 Å². The minimum Gasteiger partial charge on any atom is -0.348 e. The molecule has 112 valence electrons. The standard InChI is InChI=1S/C16H14F2N4/c1-2-15-12-6-14(18)13(17)5-10(12)3-4-22(15)16-9-20-8-11(7-19)21-16/h5-6,8-9,15H,2-4H2,1H3/t15-/m1/s1. The van der Waals surface area contributed by atoms with Crippen LogP contribution in [0.2, 0.25) is 0 Å². The van der Waals surface area contributed by atoms with Gasteiger partial charge < -0.3 is 4.90 Å². The zero-order valence-electron chi connectivity index (χ0n) is 12.1. The Morgan fingerprint density at radius 3 is 2.82 bits per heavy atom. The van der Waals surface area contributed by atoms with Crippen LogP contribution in [0.15, 0.2) is 24.5 Å². The van der Waals surface area contributed by atoms with Crippen molar-refractivity contribution in [2.75, 3.05) is 11.4 Å². The minimum absolute atomic E-state index is 0.109. The molecule has 0 unspecified atom stereocenters. The van der Waals surface area contributed by atoms with Gasteiger partial charge in [0.2, 0.25) is 0 Å². The molecule has 1 atom stereocenters. The van der Waals surface area contributed by atoms with Gasteiger partial charge in [-0.15, -0.1) is 0 Å². The highest BCUT2D eigenvalue weighted by Crippen LogP contribution is 2.35. The van der Waals surface area contributed by atoms with Crippen LogP contribution >= 0.6 is 0 Å². The van der Waals surface area contributed by atoms with Gasteiger partial charge in [-0.3, -0.25) is 4.98 Å². The van der Waals surface area contributed by atoms with E-state index in [1.54, 1.807) is 6.20 Å². The van der Waals surface area contributed by atoms with Crippen molar-refractivity contribution in [3.05, 3.63) is 53.0 Å². The Hall–Kier alpha value is -2.55. The number of hydrogen-bond acceptors (Lipinski definition) is 4. The first kappa shape index (κ1) is 14.4. The van der Waals surface area contributed by atoms with Gasteiger partial charge in [0, 0.05) is 6.54 Å². The second-order valence-electron chi connectivity index (χ2n) is 5.21. The number of benzene rings is 1. The smallest absolute Gasteiger partial charge is 0.161 e. The van der Waals surface area contributed by atoms with Crippen LogP contribution in [0.4, 0.5) is 14.6 Å². The lowest BCUT2D eigenvalue weighted by atomic mass is 9.91. The van der Waals surface area contributed by atoms with E-state index in [2.05, 4.69) is 9.97 Å². The van der Waals surface area contributed by atoms with E-state index in [1.807, 2.05) is 17.9 Å². The number of hydrogen-bond donors (Lipinski definition) is 0. The number of halogens is 2. The molecule has 1 aliphatic heterocycles. The van der Waals surface area contributed by atoms with E-state index in [-0.39, 0.29) is 11.7 Å². The third-order valence-corrected chi connectivity index (χ3v) is 3.96. The van der Waals surface area contributed by atoms with Crippen LogP contribution in [-0.4, -0.2) is 16.5 Å². The lowest BCUT2D eigenvalue weighted by molar-refractivity contribution is 0.492. The Balaban J connectivity index is 2.04. The Morgan fingerprint density at radius 2 is 2.09 bits per heavy atom. The van der Waals surface area contributed by atoms with Crippen LogP contribution in [0.5, 0.6) is 0 Å². The highest BCUT2D eigenvalue weighted by molar-refractivity contribution is 5.47. The summed E-state index contributed by atoms with van der Waals surface area (Å²) in [6, 6.07) is 4.41. The first-order chi connectivity index (χ1) is 10.6. The fourth-order valence-electron chi connectivity index (χ4n) is 2.96. The molecule has 2 aromatic rings. The molecule has 0 saturated carbocycles. The first-order valence-electron chi connectivity index (χ1n) is 7.10. The summed E-state index contributed by atoms with van der Waals surface area (Å²) in [7, 11) is 0. The van der Waals surface area contributed by atoms with Crippen LogP contribution in [0, 0.1) is 23.0 Å². The molecule has 0 fully saturated rings. The molecule has 6 heteroatoms. The maximum Gasteiger partial charge on any atom is 0.161 e. The molecule has 0 N–H and O–H groups in total. The highest BCUT2D eigenvalue weighted by atomic mass is 19.2. The summed E-state index contributed by atoms with van der Waals surface area (Å²) in [5.74, 6) is -1.06. The quantitative estimate of drug-likeness (QED) is 0.855. The molecular weight excluding hydrogens is 286 g/mol. The average molecular weight is 300 g/mol. The molecule has 0 bridgehead atoms. The normalized spacial score (nSPS) is 17.0. The van der Waals surface area contributed by atoms with Gasteiger partial charge in [-0.05, 0) is 36.1 Å². The lowest BCUT2D eigenvalue weighted by Crippen LogP contribution is -2.36. The van der Waals surface area contributed by atoms with Gasteiger partial charge in [0.25, 0.3) is 0 Å². The van der Waals surface area contributed by atoms with Gasteiger partial charge in [-0.2, -0.15) is 5.26 Å². The molecule has 0 saturated heterocycles. The zero-order valence-corrected chi connectivity index (χ0v) is 12.1. The summed E-state index contributed by atoms with van der Waals surface area (Å²) in [6.45, 7) is 2.61. The summed E-state index contributed by atoms with van der Waals surface area (Å²) in [5.41, 5.74) is 1.84. The van der Waals surface area contributed by atoms with Crippen molar-refractivity contribution in [2.45, 2.75) is 25.8 Å². The number of rotatable bonds is 2. The topological polar surface area (TPSA) is 52.8 Å². The average Bonchev–Trinajstić information content (AvgIpc) is 2.55. The summed E-state index contributed by atoms with van der Waals surface area (Å²) in [5, 5.41) is 8.95. The zero-order chi connectivity index (χ0) is 15.7. The van der Waals surface area contributed by atoms with Crippen molar-refractivity contribution in [3.8, 4) is 6.07 Å². The van der Waals surface area contributed by atoms with E-state index in [4.69, 9.17) is 5.26 Å². The van der Waals surface area contributed by atoms with Gasteiger partial charge in [-0.25, -0.2) is 13.8 Å². The monoisotopic (exact) mass is 300 g/mol. The number of fused-ring (bicyclic) bond motifs is 1. The van der Waals surface area contributed by atoms with Crippen LogP contribution < -0.4 is 4.90 Å². The van der Waals surface area contributed by atoms with Gasteiger partial charge >= 0.3 is 0 Å².